The largest absolute Gasteiger partial charge is 0.449 e. The van der Waals surface area contributed by atoms with Crippen LogP contribution in [0.1, 0.15) is 27.7 Å². The molecule has 0 fully saturated rings. The van der Waals surface area contributed by atoms with Crippen molar-refractivity contribution in [2.75, 3.05) is 16.8 Å². The van der Waals surface area contributed by atoms with Gasteiger partial charge in [0.1, 0.15) is 5.75 Å². The van der Waals surface area contributed by atoms with Gasteiger partial charge in [0.2, 0.25) is 0 Å². The molecule has 6 nitrogen and oxygen atoms in total. The number of carbonyl (C=O) groups is 2. The molecule has 0 spiro atoms. The zero-order valence-electron chi connectivity index (χ0n) is 16.1. The highest BCUT2D eigenvalue weighted by Gasteiger charge is 2.21. The number of hydrogen-bond acceptors (Lipinski definition) is 4. The smallest absolute Gasteiger partial charge is 0.419 e. The lowest BCUT2D eigenvalue weighted by Gasteiger charge is -2.25. The molecule has 0 aliphatic rings. The quantitative estimate of drug-likeness (QED) is 0.749. The average Bonchev–Trinajstić information content (AvgIpc) is 2.61. The molecule has 0 saturated heterocycles. The minimum Gasteiger partial charge on any atom is -0.449 e. The molecule has 144 valence electrons. The van der Waals surface area contributed by atoms with Gasteiger partial charge in [0.05, 0.1) is 6.61 Å². The van der Waals surface area contributed by atoms with Crippen LogP contribution < -0.4 is 15.0 Å². The molecule has 0 saturated carbocycles. The molecule has 0 heterocycles. The number of ether oxygens (including phenoxy) is 2. The van der Waals surface area contributed by atoms with Gasteiger partial charge in [0.25, 0.3) is 0 Å². The number of nitrogens with one attached hydrogen (secondary N) is 1. The maximum Gasteiger partial charge on any atom is 0.419 e. The number of amides is 2. The van der Waals surface area contributed by atoms with E-state index >= 15 is 0 Å². The number of nitrogens with zero attached hydrogens (tertiary/aromatic N) is 1. The van der Waals surface area contributed by atoms with E-state index in [0.717, 1.165) is 5.69 Å². The number of para-hydroxylation sites is 1. The summed E-state index contributed by atoms with van der Waals surface area (Å²) >= 11 is 0. The third kappa shape index (κ3) is 6.33. The molecule has 0 bridgehead atoms. The van der Waals surface area contributed by atoms with Crippen molar-refractivity contribution < 1.29 is 19.1 Å². The van der Waals surface area contributed by atoms with Gasteiger partial charge in [-0.2, -0.15) is 0 Å². The Morgan fingerprint density at radius 3 is 2.33 bits per heavy atom. The molecule has 2 amide bonds. The highest BCUT2D eigenvalue weighted by atomic mass is 16.6. The Bertz CT molecular complexity index is 760. The number of hydrogen-bond donors (Lipinski definition) is 1. The Kier molecular flexibility index (Phi) is 7.23. The summed E-state index contributed by atoms with van der Waals surface area (Å²) in [5, 5.41) is 2.63. The van der Waals surface area contributed by atoms with Crippen molar-refractivity contribution in [1.29, 1.82) is 0 Å². The lowest BCUT2D eigenvalue weighted by Crippen LogP contribution is -2.39. The second-order valence-electron chi connectivity index (χ2n) is 6.81. The van der Waals surface area contributed by atoms with Crippen LogP contribution in [0.25, 0.3) is 0 Å². The molecule has 0 aromatic heterocycles. The molecule has 1 N–H and O–H groups in total. The van der Waals surface area contributed by atoms with Crippen molar-refractivity contribution >= 4 is 23.6 Å². The van der Waals surface area contributed by atoms with Crippen LogP contribution in [0.4, 0.5) is 21.0 Å². The summed E-state index contributed by atoms with van der Waals surface area (Å²) in [6.45, 7) is 8.08. The molecule has 0 aliphatic heterocycles. The second-order valence-corrected chi connectivity index (χ2v) is 6.81. The zero-order chi connectivity index (χ0) is 19.8. The first-order chi connectivity index (χ1) is 12.9. The van der Waals surface area contributed by atoms with Crippen molar-refractivity contribution in [1.82, 2.24) is 0 Å². The van der Waals surface area contributed by atoms with E-state index in [9.17, 15) is 9.59 Å². The summed E-state index contributed by atoms with van der Waals surface area (Å²) in [5.41, 5.74) is 1.24. The monoisotopic (exact) mass is 370 g/mol. The minimum absolute atomic E-state index is 0.0766. The lowest BCUT2D eigenvalue weighted by atomic mass is 10.2. The van der Waals surface area contributed by atoms with Gasteiger partial charge in [0.15, 0.2) is 0 Å². The predicted molar refractivity (Wildman–Crippen MR) is 106 cm³/mol. The Labute approximate surface area is 160 Å². The van der Waals surface area contributed by atoms with Gasteiger partial charge in [-0.15, -0.1) is 0 Å². The van der Waals surface area contributed by atoms with E-state index in [4.69, 9.17) is 9.47 Å². The Hall–Kier alpha value is -3.02. The number of rotatable bonds is 6. The molecule has 6 heteroatoms. The fourth-order valence-electron chi connectivity index (χ4n) is 2.39. The molecule has 0 radical (unpaired) electrons. The van der Waals surface area contributed by atoms with E-state index < -0.39 is 12.2 Å². The molecule has 2 rings (SSSR count). The van der Waals surface area contributed by atoms with Crippen molar-refractivity contribution in [3.05, 3.63) is 54.6 Å². The van der Waals surface area contributed by atoms with Crippen molar-refractivity contribution in [3.63, 3.8) is 0 Å². The fraction of sp³-hybridized carbons (Fsp3) is 0.333. The normalized spacial score (nSPS) is 10.6. The first-order valence-electron chi connectivity index (χ1n) is 8.96. The van der Waals surface area contributed by atoms with Gasteiger partial charge in [-0.25, -0.2) is 9.59 Å². The highest BCUT2D eigenvalue weighted by Crippen LogP contribution is 2.22. The Balaban J connectivity index is 2.06. The lowest BCUT2D eigenvalue weighted by molar-refractivity contribution is 0.147. The molecule has 2 aromatic carbocycles. The summed E-state index contributed by atoms with van der Waals surface area (Å²) in [5.74, 6) is 0.589. The zero-order valence-corrected chi connectivity index (χ0v) is 16.1. The van der Waals surface area contributed by atoms with Crippen LogP contribution in [0, 0.1) is 5.92 Å². The van der Waals surface area contributed by atoms with Gasteiger partial charge in [-0.1, -0.05) is 38.1 Å². The molecular weight excluding hydrogens is 344 g/mol. The number of benzene rings is 2. The average molecular weight is 370 g/mol. The highest BCUT2D eigenvalue weighted by molar-refractivity contribution is 5.90. The maximum absolute atomic E-state index is 12.7. The van der Waals surface area contributed by atoms with Gasteiger partial charge in [0, 0.05) is 23.5 Å². The SMILES string of the molecule is CC(C)COC(=O)Nc1cccc(OC(=O)N(c2ccccc2)C(C)C)c1. The van der Waals surface area contributed by atoms with Gasteiger partial charge >= 0.3 is 12.2 Å². The number of carbonyl (C=O) groups excluding carboxylic acids is 2. The molecule has 27 heavy (non-hydrogen) atoms. The molecular formula is C21H26N2O4. The van der Waals surface area contributed by atoms with Crippen molar-refractivity contribution in [2.24, 2.45) is 5.92 Å². The summed E-state index contributed by atoms with van der Waals surface area (Å²) in [6.07, 6.45) is -1.03. The first-order valence-corrected chi connectivity index (χ1v) is 8.96. The molecule has 0 atom stereocenters. The van der Waals surface area contributed by atoms with E-state index in [1.165, 1.54) is 0 Å². The van der Waals surface area contributed by atoms with E-state index in [-0.39, 0.29) is 12.0 Å². The summed E-state index contributed by atoms with van der Waals surface area (Å²) in [6, 6.07) is 15.9. The maximum atomic E-state index is 12.7. The van der Waals surface area contributed by atoms with Crippen LogP contribution in [-0.4, -0.2) is 24.8 Å². The summed E-state index contributed by atoms with van der Waals surface area (Å²) < 4.78 is 10.6. The van der Waals surface area contributed by atoms with E-state index in [0.29, 0.717) is 18.0 Å². The van der Waals surface area contributed by atoms with Crippen LogP contribution in [-0.2, 0) is 4.74 Å². The third-order valence-corrected chi connectivity index (χ3v) is 3.58. The van der Waals surface area contributed by atoms with Gasteiger partial charge in [-0.05, 0) is 44.0 Å². The molecule has 0 unspecified atom stereocenters. The van der Waals surface area contributed by atoms with E-state index in [2.05, 4.69) is 5.32 Å². The summed E-state index contributed by atoms with van der Waals surface area (Å²) in [7, 11) is 0. The van der Waals surface area contributed by atoms with Crippen LogP contribution in [0.2, 0.25) is 0 Å². The first kappa shape index (κ1) is 20.3. The Morgan fingerprint density at radius 2 is 1.70 bits per heavy atom. The van der Waals surface area contributed by atoms with Crippen LogP contribution >= 0.6 is 0 Å². The number of anilines is 2. The third-order valence-electron chi connectivity index (χ3n) is 3.58. The Morgan fingerprint density at radius 1 is 1.00 bits per heavy atom. The minimum atomic E-state index is -0.541. The molecule has 0 aliphatic carbocycles. The predicted octanol–water partition coefficient (Wildman–Crippen LogP) is 5.30. The fourth-order valence-corrected chi connectivity index (χ4v) is 2.39. The standard InChI is InChI=1S/C21H26N2O4/c1-15(2)14-26-20(24)22-17-9-8-12-19(13-17)27-21(25)23(16(3)4)18-10-6-5-7-11-18/h5-13,15-16H,14H2,1-4H3,(H,22,24). The summed E-state index contributed by atoms with van der Waals surface area (Å²) in [4.78, 5) is 26.0. The second kappa shape index (κ2) is 9.62. The van der Waals surface area contributed by atoms with Crippen LogP contribution in [0.5, 0.6) is 5.75 Å². The topological polar surface area (TPSA) is 67.9 Å². The van der Waals surface area contributed by atoms with Crippen molar-refractivity contribution in [3.8, 4) is 5.75 Å². The van der Waals surface area contributed by atoms with E-state index in [1.807, 2.05) is 58.0 Å². The molecule has 2 aromatic rings. The van der Waals surface area contributed by atoms with Gasteiger partial charge in [-0.3, -0.25) is 10.2 Å². The van der Waals surface area contributed by atoms with Gasteiger partial charge < -0.3 is 9.47 Å². The van der Waals surface area contributed by atoms with Crippen LogP contribution in [0.15, 0.2) is 54.6 Å². The van der Waals surface area contributed by atoms with Crippen LogP contribution in [0.3, 0.4) is 0 Å². The van der Waals surface area contributed by atoms with E-state index in [1.54, 1.807) is 29.2 Å². The van der Waals surface area contributed by atoms with Crippen molar-refractivity contribution in [2.45, 2.75) is 33.7 Å².